The number of carboxylic acid groups (broad SMARTS) is 1. The van der Waals surface area contributed by atoms with Crippen LogP contribution in [0, 0.1) is 6.92 Å². The van der Waals surface area contributed by atoms with Crippen LogP contribution in [0.1, 0.15) is 5.69 Å². The number of amides is 2. The van der Waals surface area contributed by atoms with Crippen LogP contribution in [0.15, 0.2) is 18.3 Å². The minimum absolute atomic E-state index is 0.145. The molecule has 0 bridgehead atoms. The van der Waals surface area contributed by atoms with Crippen LogP contribution >= 0.6 is 0 Å². The number of hydrogen-bond donors (Lipinski definition) is 3. The molecule has 7 heteroatoms. The van der Waals surface area contributed by atoms with Crippen LogP contribution in [-0.4, -0.2) is 41.8 Å². The highest BCUT2D eigenvalue weighted by atomic mass is 16.5. The van der Waals surface area contributed by atoms with E-state index >= 15 is 0 Å². The van der Waals surface area contributed by atoms with Crippen LogP contribution in [0.25, 0.3) is 0 Å². The zero-order chi connectivity index (χ0) is 13.4. The number of urea groups is 1. The third-order valence-corrected chi connectivity index (χ3v) is 1.93. The summed E-state index contributed by atoms with van der Waals surface area (Å²) < 4.78 is 4.76. The van der Waals surface area contributed by atoms with E-state index in [0.717, 1.165) is 5.69 Å². The van der Waals surface area contributed by atoms with E-state index in [-0.39, 0.29) is 25.8 Å². The van der Waals surface area contributed by atoms with Crippen molar-refractivity contribution in [1.82, 2.24) is 10.3 Å². The van der Waals surface area contributed by atoms with Gasteiger partial charge in [0.1, 0.15) is 6.61 Å². The molecular weight excluding hydrogens is 238 g/mol. The van der Waals surface area contributed by atoms with Gasteiger partial charge in [-0.15, -0.1) is 0 Å². The maximum Gasteiger partial charge on any atom is 0.329 e. The van der Waals surface area contributed by atoms with Gasteiger partial charge < -0.3 is 20.5 Å². The smallest absolute Gasteiger partial charge is 0.329 e. The molecule has 0 saturated heterocycles. The number of anilines is 1. The van der Waals surface area contributed by atoms with Crippen molar-refractivity contribution in [3.63, 3.8) is 0 Å². The minimum Gasteiger partial charge on any atom is -0.480 e. The van der Waals surface area contributed by atoms with E-state index < -0.39 is 5.97 Å². The number of aryl methyl sites for hydroxylation is 1. The van der Waals surface area contributed by atoms with E-state index in [9.17, 15) is 9.59 Å². The van der Waals surface area contributed by atoms with Gasteiger partial charge in [0.15, 0.2) is 0 Å². The Morgan fingerprint density at radius 2 is 2.22 bits per heavy atom. The van der Waals surface area contributed by atoms with Gasteiger partial charge in [-0.25, -0.2) is 9.59 Å². The first-order chi connectivity index (χ1) is 8.58. The number of nitrogens with zero attached hydrogens (tertiary/aromatic N) is 1. The Hall–Kier alpha value is -2.15. The monoisotopic (exact) mass is 253 g/mol. The Labute approximate surface area is 104 Å². The van der Waals surface area contributed by atoms with E-state index in [1.54, 1.807) is 18.3 Å². The first kappa shape index (κ1) is 13.9. The number of nitrogens with one attached hydrogen (secondary N) is 2. The summed E-state index contributed by atoms with van der Waals surface area (Å²) in [5.41, 5.74) is 1.45. The highest BCUT2D eigenvalue weighted by Crippen LogP contribution is 2.04. The Morgan fingerprint density at radius 1 is 1.44 bits per heavy atom. The summed E-state index contributed by atoms with van der Waals surface area (Å²) in [5.74, 6) is -1.04. The lowest BCUT2D eigenvalue weighted by Gasteiger charge is -2.07. The fourth-order valence-electron chi connectivity index (χ4n) is 1.11. The third-order valence-electron chi connectivity index (χ3n) is 1.93. The van der Waals surface area contributed by atoms with Crippen molar-refractivity contribution < 1.29 is 19.4 Å². The van der Waals surface area contributed by atoms with Crippen LogP contribution in [0.4, 0.5) is 10.5 Å². The molecule has 0 aromatic carbocycles. The number of hydrogen-bond acceptors (Lipinski definition) is 4. The fourth-order valence-corrected chi connectivity index (χ4v) is 1.11. The summed E-state index contributed by atoms with van der Waals surface area (Å²) in [6.07, 6.45) is 1.55. The van der Waals surface area contributed by atoms with Crippen molar-refractivity contribution >= 4 is 17.7 Å². The molecule has 0 unspecified atom stereocenters. The maximum atomic E-state index is 11.4. The highest BCUT2D eigenvalue weighted by molar-refractivity contribution is 5.88. The number of aromatic nitrogens is 1. The van der Waals surface area contributed by atoms with Crippen LogP contribution in [-0.2, 0) is 9.53 Å². The summed E-state index contributed by atoms with van der Waals surface area (Å²) in [5, 5.41) is 13.4. The first-order valence-electron chi connectivity index (χ1n) is 5.35. The number of carbonyl (C=O) groups excluding carboxylic acids is 1. The zero-order valence-electron chi connectivity index (χ0n) is 9.97. The lowest BCUT2D eigenvalue weighted by atomic mass is 10.3. The Balaban J connectivity index is 2.17. The van der Waals surface area contributed by atoms with E-state index in [1.807, 2.05) is 6.92 Å². The molecule has 98 valence electrons. The summed E-state index contributed by atoms with van der Waals surface area (Å²) in [6, 6.07) is 3.13. The molecule has 1 aromatic rings. The molecule has 0 aliphatic carbocycles. The summed E-state index contributed by atoms with van der Waals surface area (Å²) >= 11 is 0. The van der Waals surface area contributed by atoms with Crippen molar-refractivity contribution in [1.29, 1.82) is 0 Å². The van der Waals surface area contributed by atoms with Gasteiger partial charge in [-0.1, -0.05) is 0 Å². The van der Waals surface area contributed by atoms with Gasteiger partial charge in [-0.2, -0.15) is 0 Å². The van der Waals surface area contributed by atoms with Gasteiger partial charge in [0.05, 0.1) is 18.5 Å². The largest absolute Gasteiger partial charge is 0.480 e. The second-order valence-corrected chi connectivity index (χ2v) is 3.52. The topological polar surface area (TPSA) is 101 Å². The zero-order valence-corrected chi connectivity index (χ0v) is 9.97. The normalized spacial score (nSPS) is 9.83. The quantitative estimate of drug-likeness (QED) is 0.645. The van der Waals surface area contributed by atoms with Crippen LogP contribution in [0.5, 0.6) is 0 Å². The van der Waals surface area contributed by atoms with Gasteiger partial charge in [0.2, 0.25) is 0 Å². The van der Waals surface area contributed by atoms with Crippen LogP contribution < -0.4 is 10.6 Å². The third kappa shape index (κ3) is 5.80. The van der Waals surface area contributed by atoms with E-state index in [1.165, 1.54) is 0 Å². The number of aliphatic carboxylic acids is 1. The molecule has 1 rings (SSSR count). The molecule has 0 spiro atoms. The molecule has 0 aliphatic heterocycles. The Morgan fingerprint density at radius 3 is 2.83 bits per heavy atom. The van der Waals surface area contributed by atoms with Gasteiger partial charge in [0.25, 0.3) is 0 Å². The van der Waals surface area contributed by atoms with Crippen molar-refractivity contribution in [2.24, 2.45) is 0 Å². The second-order valence-electron chi connectivity index (χ2n) is 3.52. The van der Waals surface area contributed by atoms with Gasteiger partial charge in [-0.3, -0.25) is 4.98 Å². The summed E-state index contributed by atoms with van der Waals surface area (Å²) in [6.45, 7) is 1.86. The molecule has 0 radical (unpaired) electrons. The predicted octanol–water partition coefficient (Wildman–Crippen LogP) is 0.613. The average molecular weight is 253 g/mol. The van der Waals surface area contributed by atoms with Crippen molar-refractivity contribution in [3.8, 4) is 0 Å². The molecule has 0 aliphatic rings. The molecule has 2 amide bonds. The standard InChI is InChI=1S/C11H15N3O4/c1-8-2-3-9(6-13-8)14-11(17)12-4-5-18-7-10(15)16/h2-3,6H,4-5,7H2,1H3,(H,15,16)(H2,12,14,17). The van der Waals surface area contributed by atoms with E-state index in [4.69, 9.17) is 9.84 Å². The first-order valence-corrected chi connectivity index (χ1v) is 5.35. The molecule has 7 nitrogen and oxygen atoms in total. The van der Waals surface area contributed by atoms with Crippen LogP contribution in [0.2, 0.25) is 0 Å². The molecule has 18 heavy (non-hydrogen) atoms. The lowest BCUT2D eigenvalue weighted by molar-refractivity contribution is -0.142. The Kier molecular flexibility index (Phi) is 5.59. The van der Waals surface area contributed by atoms with Crippen LogP contribution in [0.3, 0.4) is 0 Å². The molecule has 0 saturated carbocycles. The van der Waals surface area contributed by atoms with E-state index in [2.05, 4.69) is 15.6 Å². The predicted molar refractivity (Wildman–Crippen MR) is 64.5 cm³/mol. The van der Waals surface area contributed by atoms with Crippen molar-refractivity contribution in [2.45, 2.75) is 6.92 Å². The molecule has 0 atom stereocenters. The van der Waals surface area contributed by atoms with Gasteiger partial charge in [0, 0.05) is 12.2 Å². The number of ether oxygens (including phenoxy) is 1. The molecule has 1 heterocycles. The number of pyridine rings is 1. The van der Waals surface area contributed by atoms with Gasteiger partial charge in [-0.05, 0) is 19.1 Å². The molecule has 0 fully saturated rings. The van der Waals surface area contributed by atoms with Gasteiger partial charge >= 0.3 is 12.0 Å². The Bertz CT molecular complexity index is 405. The second kappa shape index (κ2) is 7.23. The summed E-state index contributed by atoms with van der Waals surface area (Å²) in [4.78, 5) is 25.5. The molecular formula is C11H15N3O4. The average Bonchev–Trinajstić information content (AvgIpc) is 2.31. The van der Waals surface area contributed by atoms with E-state index in [0.29, 0.717) is 5.69 Å². The lowest BCUT2D eigenvalue weighted by Crippen LogP contribution is -2.32. The summed E-state index contributed by atoms with van der Waals surface area (Å²) in [7, 11) is 0. The number of carbonyl (C=O) groups is 2. The SMILES string of the molecule is Cc1ccc(NC(=O)NCCOCC(=O)O)cn1. The maximum absolute atomic E-state index is 11.4. The highest BCUT2D eigenvalue weighted by Gasteiger charge is 2.01. The molecule has 1 aromatic heterocycles. The van der Waals surface area contributed by atoms with Crippen molar-refractivity contribution in [2.75, 3.05) is 25.1 Å². The number of carboxylic acids is 1. The van der Waals surface area contributed by atoms with Crippen molar-refractivity contribution in [3.05, 3.63) is 24.0 Å². The minimum atomic E-state index is -1.04. The fraction of sp³-hybridized carbons (Fsp3) is 0.364. The molecule has 3 N–H and O–H groups in total. The number of rotatable bonds is 6.